The molecule has 0 saturated carbocycles. The van der Waals surface area contributed by atoms with Gasteiger partial charge in [0.05, 0.1) is 5.56 Å². The van der Waals surface area contributed by atoms with E-state index in [1.165, 1.54) is 6.07 Å². The average Bonchev–Trinajstić information content (AvgIpc) is 2.45. The maximum atomic E-state index is 13.1. The van der Waals surface area contributed by atoms with Crippen molar-refractivity contribution in [2.24, 2.45) is 16.5 Å². The normalized spacial score (nSPS) is 11.7. The van der Waals surface area contributed by atoms with Crippen LogP contribution in [0.1, 0.15) is 10.4 Å². The van der Waals surface area contributed by atoms with Crippen LogP contribution in [0.15, 0.2) is 11.1 Å². The van der Waals surface area contributed by atoms with Gasteiger partial charge in [0.25, 0.3) is 0 Å². The first-order chi connectivity index (χ1) is 6.54. The summed E-state index contributed by atoms with van der Waals surface area (Å²) in [4.78, 5) is 13.7. The second-order valence-corrected chi connectivity index (χ2v) is 3.47. The first kappa shape index (κ1) is 10.6. The topological polar surface area (TPSA) is 102 Å². The standard InChI is InChI=1S/C7H8FN3O2S/c8-5-4(1-3(2-9)14-5)6(10)11-7(12)13/h1H,2,9H2,(H2,10,11)(H,12,13). The van der Waals surface area contributed by atoms with Crippen LogP contribution in [-0.2, 0) is 6.54 Å². The fraction of sp³-hybridized carbons (Fsp3) is 0.143. The number of nitrogens with zero attached hydrogens (tertiary/aromatic N) is 1. The Bertz CT molecular complexity index is 388. The van der Waals surface area contributed by atoms with Crippen molar-refractivity contribution in [3.8, 4) is 0 Å². The summed E-state index contributed by atoms with van der Waals surface area (Å²) in [7, 11) is 0. The minimum absolute atomic E-state index is 0.0159. The van der Waals surface area contributed by atoms with Gasteiger partial charge in [0, 0.05) is 11.4 Å². The SMILES string of the molecule is NCc1cc(C(N)=NC(=O)O)c(F)s1. The number of amides is 1. The molecule has 0 saturated heterocycles. The minimum Gasteiger partial charge on any atom is -0.463 e. The molecule has 1 aromatic rings. The lowest BCUT2D eigenvalue weighted by Crippen LogP contribution is -2.15. The van der Waals surface area contributed by atoms with Crippen LogP contribution in [-0.4, -0.2) is 17.0 Å². The van der Waals surface area contributed by atoms with Crippen molar-refractivity contribution >= 4 is 23.3 Å². The number of amidine groups is 1. The second kappa shape index (κ2) is 4.16. The Kier molecular flexibility index (Phi) is 3.15. The summed E-state index contributed by atoms with van der Waals surface area (Å²) in [5, 5.41) is 7.71. The molecule has 7 heteroatoms. The van der Waals surface area contributed by atoms with Gasteiger partial charge in [0.1, 0.15) is 5.84 Å². The molecular weight excluding hydrogens is 209 g/mol. The highest BCUT2D eigenvalue weighted by Gasteiger charge is 2.12. The fourth-order valence-corrected chi connectivity index (χ4v) is 1.62. The van der Waals surface area contributed by atoms with Crippen molar-refractivity contribution < 1.29 is 14.3 Å². The first-order valence-electron chi connectivity index (χ1n) is 3.60. The van der Waals surface area contributed by atoms with Gasteiger partial charge in [-0.2, -0.15) is 9.38 Å². The zero-order chi connectivity index (χ0) is 10.7. The molecule has 0 aliphatic heterocycles. The first-order valence-corrected chi connectivity index (χ1v) is 4.42. The number of nitrogens with two attached hydrogens (primary N) is 2. The zero-order valence-corrected chi connectivity index (χ0v) is 7.84. The molecule has 0 aliphatic carbocycles. The van der Waals surface area contributed by atoms with Gasteiger partial charge in [-0.25, -0.2) is 4.79 Å². The predicted molar refractivity (Wildman–Crippen MR) is 50.9 cm³/mol. The van der Waals surface area contributed by atoms with E-state index in [0.29, 0.717) is 4.88 Å². The molecule has 0 aliphatic rings. The lowest BCUT2D eigenvalue weighted by molar-refractivity contribution is 0.205. The summed E-state index contributed by atoms with van der Waals surface area (Å²) < 4.78 is 13.1. The van der Waals surface area contributed by atoms with E-state index in [4.69, 9.17) is 16.6 Å². The van der Waals surface area contributed by atoms with Crippen molar-refractivity contribution in [3.05, 3.63) is 21.6 Å². The van der Waals surface area contributed by atoms with Gasteiger partial charge < -0.3 is 16.6 Å². The number of hydrogen-bond acceptors (Lipinski definition) is 3. The maximum absolute atomic E-state index is 13.1. The molecule has 0 radical (unpaired) electrons. The number of aliphatic imine (C=N–C) groups is 1. The van der Waals surface area contributed by atoms with E-state index in [9.17, 15) is 9.18 Å². The lowest BCUT2D eigenvalue weighted by atomic mass is 10.3. The minimum atomic E-state index is -1.46. The van der Waals surface area contributed by atoms with E-state index in [1.807, 2.05) is 0 Å². The predicted octanol–water partition coefficient (Wildman–Crippen LogP) is 0.729. The molecule has 5 N–H and O–H groups in total. The molecule has 0 fully saturated rings. The Morgan fingerprint density at radius 3 is 2.79 bits per heavy atom. The van der Waals surface area contributed by atoms with Gasteiger partial charge in [-0.3, -0.25) is 0 Å². The number of halogens is 1. The Morgan fingerprint density at radius 1 is 1.71 bits per heavy atom. The van der Waals surface area contributed by atoms with Crippen molar-refractivity contribution in [2.75, 3.05) is 0 Å². The Labute approximate surface area is 82.9 Å². The number of thiophene rings is 1. The molecular formula is C7H8FN3O2S. The Hall–Kier alpha value is -1.47. The lowest BCUT2D eigenvalue weighted by Gasteiger charge is -1.93. The van der Waals surface area contributed by atoms with E-state index in [2.05, 4.69) is 4.99 Å². The van der Waals surface area contributed by atoms with Crippen LogP contribution in [0.5, 0.6) is 0 Å². The molecule has 1 heterocycles. The second-order valence-electron chi connectivity index (χ2n) is 2.38. The largest absolute Gasteiger partial charge is 0.463 e. The molecule has 14 heavy (non-hydrogen) atoms. The number of carboxylic acid groups (broad SMARTS) is 1. The molecule has 0 bridgehead atoms. The van der Waals surface area contributed by atoms with Crippen molar-refractivity contribution in [1.29, 1.82) is 0 Å². The molecule has 0 aromatic carbocycles. The average molecular weight is 217 g/mol. The van der Waals surface area contributed by atoms with Crippen LogP contribution in [0.4, 0.5) is 9.18 Å². The third-order valence-electron chi connectivity index (χ3n) is 1.43. The molecule has 1 amide bonds. The quantitative estimate of drug-likeness (QED) is 0.502. The van der Waals surface area contributed by atoms with E-state index in [-0.39, 0.29) is 17.9 Å². The van der Waals surface area contributed by atoms with Crippen LogP contribution >= 0.6 is 11.3 Å². The summed E-state index contributed by atoms with van der Waals surface area (Å²) in [6.45, 7) is 0.182. The summed E-state index contributed by atoms with van der Waals surface area (Å²) in [6, 6.07) is 1.39. The van der Waals surface area contributed by atoms with Crippen molar-refractivity contribution in [2.45, 2.75) is 6.54 Å². The van der Waals surface area contributed by atoms with Crippen molar-refractivity contribution in [3.63, 3.8) is 0 Å². The number of rotatable bonds is 2. The summed E-state index contributed by atoms with van der Waals surface area (Å²) in [6.07, 6.45) is -1.46. The van der Waals surface area contributed by atoms with Gasteiger partial charge in [0.2, 0.25) is 0 Å². The highest BCUT2D eigenvalue weighted by atomic mass is 32.1. The Balaban J connectivity index is 3.06. The van der Waals surface area contributed by atoms with Crippen LogP contribution in [0.3, 0.4) is 0 Å². The van der Waals surface area contributed by atoms with Gasteiger partial charge in [0.15, 0.2) is 5.13 Å². The van der Waals surface area contributed by atoms with Crippen molar-refractivity contribution in [1.82, 2.24) is 0 Å². The smallest absolute Gasteiger partial charge is 0.433 e. The van der Waals surface area contributed by atoms with Gasteiger partial charge in [-0.05, 0) is 6.07 Å². The van der Waals surface area contributed by atoms with Crippen LogP contribution in [0, 0.1) is 5.13 Å². The van der Waals surface area contributed by atoms with Crippen LogP contribution in [0.2, 0.25) is 0 Å². The molecule has 5 nitrogen and oxygen atoms in total. The molecule has 0 spiro atoms. The molecule has 1 aromatic heterocycles. The van der Waals surface area contributed by atoms with E-state index in [0.717, 1.165) is 11.3 Å². The number of carbonyl (C=O) groups is 1. The summed E-state index contributed by atoms with van der Waals surface area (Å²) in [5.74, 6) is -0.356. The zero-order valence-electron chi connectivity index (χ0n) is 7.03. The van der Waals surface area contributed by atoms with E-state index >= 15 is 0 Å². The highest BCUT2D eigenvalue weighted by Crippen LogP contribution is 2.19. The molecule has 0 atom stereocenters. The third-order valence-corrected chi connectivity index (χ3v) is 2.38. The maximum Gasteiger partial charge on any atom is 0.433 e. The fourth-order valence-electron chi connectivity index (χ4n) is 0.856. The number of hydrogen-bond donors (Lipinski definition) is 3. The molecule has 0 unspecified atom stereocenters. The van der Waals surface area contributed by atoms with Crippen LogP contribution in [0.25, 0.3) is 0 Å². The molecule has 1 rings (SSSR count). The highest BCUT2D eigenvalue weighted by molar-refractivity contribution is 7.10. The Morgan fingerprint density at radius 2 is 2.36 bits per heavy atom. The van der Waals surface area contributed by atoms with Gasteiger partial charge in [-0.1, -0.05) is 0 Å². The van der Waals surface area contributed by atoms with Gasteiger partial charge in [-0.15, -0.1) is 11.3 Å². The summed E-state index contributed by atoms with van der Waals surface area (Å²) >= 11 is 0.824. The van der Waals surface area contributed by atoms with Gasteiger partial charge >= 0.3 is 6.09 Å². The van der Waals surface area contributed by atoms with Crippen LogP contribution < -0.4 is 11.5 Å². The monoisotopic (exact) mass is 217 g/mol. The molecule has 76 valence electrons. The van der Waals surface area contributed by atoms with E-state index in [1.54, 1.807) is 0 Å². The third kappa shape index (κ3) is 2.27. The van der Waals surface area contributed by atoms with E-state index < -0.39 is 11.2 Å². The summed E-state index contributed by atoms with van der Waals surface area (Å²) in [5.41, 5.74) is 10.5.